The quantitative estimate of drug-likeness (QED) is 0.561. The second-order valence-corrected chi connectivity index (χ2v) is 8.34. The number of ether oxygens (including phenoxy) is 1. The van der Waals surface area contributed by atoms with Crippen LogP contribution in [0.5, 0.6) is 0 Å². The number of pyridine rings is 1. The van der Waals surface area contributed by atoms with Crippen molar-refractivity contribution in [2.45, 2.75) is 31.0 Å². The number of carbonyl (C=O) groups excluding carboxylic acids is 1. The van der Waals surface area contributed by atoms with Gasteiger partial charge in [-0.2, -0.15) is 0 Å². The van der Waals surface area contributed by atoms with E-state index in [4.69, 9.17) is 16.3 Å². The number of hydrogen-bond donors (Lipinski definition) is 1. The summed E-state index contributed by atoms with van der Waals surface area (Å²) in [6.07, 6.45) is 5.59. The van der Waals surface area contributed by atoms with E-state index < -0.39 is 0 Å². The zero-order valence-electron chi connectivity index (χ0n) is 16.5. The van der Waals surface area contributed by atoms with Crippen LogP contribution in [0, 0.1) is 6.92 Å². The number of nitrogens with one attached hydrogen (secondary N) is 1. The third kappa shape index (κ3) is 4.66. The van der Waals surface area contributed by atoms with Gasteiger partial charge in [0, 0.05) is 36.1 Å². The third-order valence-electron chi connectivity index (χ3n) is 4.94. The second kappa shape index (κ2) is 9.59. The smallest absolute Gasteiger partial charge is 0.230 e. The Morgan fingerprint density at radius 2 is 2.13 bits per heavy atom. The molecule has 3 aromatic rings. The summed E-state index contributed by atoms with van der Waals surface area (Å²) in [5, 5.41) is 13.0. The first-order chi connectivity index (χ1) is 14.6. The van der Waals surface area contributed by atoms with Crippen LogP contribution < -0.4 is 5.32 Å². The van der Waals surface area contributed by atoms with Crippen molar-refractivity contribution in [2.24, 2.45) is 0 Å². The van der Waals surface area contributed by atoms with E-state index in [1.165, 1.54) is 11.8 Å². The number of rotatable bonds is 7. The highest BCUT2D eigenvalue weighted by atomic mass is 35.5. The molecule has 0 radical (unpaired) electrons. The molecule has 3 heterocycles. The Morgan fingerprint density at radius 1 is 1.30 bits per heavy atom. The van der Waals surface area contributed by atoms with Crippen molar-refractivity contribution in [3.05, 3.63) is 53.3 Å². The lowest BCUT2D eigenvalue weighted by atomic mass is 10.2. The Kier molecular flexibility index (Phi) is 6.66. The van der Waals surface area contributed by atoms with Gasteiger partial charge in [0.2, 0.25) is 5.91 Å². The molecule has 1 amide bonds. The van der Waals surface area contributed by atoms with Crippen molar-refractivity contribution in [3.63, 3.8) is 0 Å². The minimum atomic E-state index is -0.0571. The summed E-state index contributed by atoms with van der Waals surface area (Å²) in [5.41, 5.74) is 2.67. The number of carbonyl (C=O) groups is 1. The Balaban J connectivity index is 1.57. The van der Waals surface area contributed by atoms with Gasteiger partial charge in [-0.25, -0.2) is 0 Å². The molecule has 1 unspecified atom stereocenters. The summed E-state index contributed by atoms with van der Waals surface area (Å²) in [5.74, 6) is 0.851. The number of benzene rings is 1. The van der Waals surface area contributed by atoms with Gasteiger partial charge in [0.15, 0.2) is 11.0 Å². The normalized spacial score (nSPS) is 16.0. The first-order valence-electron chi connectivity index (χ1n) is 9.76. The van der Waals surface area contributed by atoms with E-state index in [2.05, 4.69) is 20.5 Å². The molecule has 4 rings (SSSR count). The van der Waals surface area contributed by atoms with Crippen LogP contribution in [0.4, 0.5) is 0 Å². The van der Waals surface area contributed by atoms with Crippen molar-refractivity contribution in [1.82, 2.24) is 25.1 Å². The Morgan fingerprint density at radius 3 is 2.90 bits per heavy atom. The predicted molar refractivity (Wildman–Crippen MR) is 117 cm³/mol. The molecule has 0 bridgehead atoms. The molecule has 0 spiro atoms. The summed E-state index contributed by atoms with van der Waals surface area (Å²) < 4.78 is 7.49. The molecule has 2 aromatic heterocycles. The second-order valence-electron chi connectivity index (χ2n) is 6.99. The molecule has 9 heteroatoms. The van der Waals surface area contributed by atoms with Gasteiger partial charge >= 0.3 is 0 Å². The molecule has 1 N–H and O–H groups in total. The van der Waals surface area contributed by atoms with E-state index in [1.54, 1.807) is 12.4 Å². The van der Waals surface area contributed by atoms with Crippen LogP contribution in [-0.2, 0) is 9.53 Å². The minimum absolute atomic E-state index is 0.0571. The summed E-state index contributed by atoms with van der Waals surface area (Å²) in [6, 6.07) is 9.47. The molecule has 156 valence electrons. The predicted octanol–water partition coefficient (Wildman–Crippen LogP) is 3.68. The molecule has 30 heavy (non-hydrogen) atoms. The maximum Gasteiger partial charge on any atom is 0.230 e. The third-order valence-corrected chi connectivity index (χ3v) is 6.27. The van der Waals surface area contributed by atoms with Crippen molar-refractivity contribution in [3.8, 4) is 17.1 Å². The number of aromatic nitrogens is 4. The topological polar surface area (TPSA) is 81.9 Å². The zero-order valence-corrected chi connectivity index (χ0v) is 18.1. The van der Waals surface area contributed by atoms with Crippen molar-refractivity contribution in [1.29, 1.82) is 0 Å². The number of thioether (sulfide) groups is 1. The minimum Gasteiger partial charge on any atom is -0.376 e. The van der Waals surface area contributed by atoms with Gasteiger partial charge in [0.25, 0.3) is 0 Å². The van der Waals surface area contributed by atoms with Crippen LogP contribution in [-0.4, -0.2) is 50.7 Å². The summed E-state index contributed by atoms with van der Waals surface area (Å²) >= 11 is 7.71. The Bertz CT molecular complexity index is 1020. The Labute approximate surface area is 184 Å². The molecule has 0 aliphatic carbocycles. The number of nitrogens with zero attached hydrogens (tertiary/aromatic N) is 4. The van der Waals surface area contributed by atoms with E-state index in [1.807, 2.05) is 41.8 Å². The molecule has 1 atom stereocenters. The lowest BCUT2D eigenvalue weighted by Gasteiger charge is -2.14. The first-order valence-corrected chi connectivity index (χ1v) is 11.1. The molecule has 0 saturated carbocycles. The lowest BCUT2D eigenvalue weighted by Crippen LogP contribution is -2.32. The number of halogens is 1. The lowest BCUT2D eigenvalue weighted by molar-refractivity contribution is -0.119. The molecular weight excluding hydrogens is 422 g/mol. The van der Waals surface area contributed by atoms with Gasteiger partial charge < -0.3 is 10.1 Å². The molecule has 1 aromatic carbocycles. The largest absolute Gasteiger partial charge is 0.376 e. The average Bonchev–Trinajstić information content (AvgIpc) is 3.43. The van der Waals surface area contributed by atoms with Crippen LogP contribution in [0.2, 0.25) is 5.02 Å². The molecule has 1 saturated heterocycles. The van der Waals surface area contributed by atoms with Crippen LogP contribution in [0.1, 0.15) is 18.4 Å². The van der Waals surface area contributed by atoms with Gasteiger partial charge in [-0.1, -0.05) is 29.4 Å². The fourth-order valence-electron chi connectivity index (χ4n) is 3.32. The van der Waals surface area contributed by atoms with Gasteiger partial charge in [0.1, 0.15) is 0 Å². The SMILES string of the molecule is Cc1c(Cl)cccc1-n1c(SCC(=O)NCC2CCCO2)nnc1-c1ccncc1. The molecular formula is C21H22ClN5O2S. The van der Waals surface area contributed by atoms with Crippen LogP contribution in [0.25, 0.3) is 17.1 Å². The van der Waals surface area contributed by atoms with Crippen molar-refractivity contribution < 1.29 is 9.53 Å². The van der Waals surface area contributed by atoms with Gasteiger partial charge in [-0.3, -0.25) is 14.3 Å². The maximum absolute atomic E-state index is 12.3. The van der Waals surface area contributed by atoms with Gasteiger partial charge in [-0.05, 0) is 49.6 Å². The van der Waals surface area contributed by atoms with E-state index >= 15 is 0 Å². The molecule has 7 nitrogen and oxygen atoms in total. The maximum atomic E-state index is 12.3. The number of amides is 1. The number of hydrogen-bond acceptors (Lipinski definition) is 6. The summed E-state index contributed by atoms with van der Waals surface area (Å²) in [7, 11) is 0. The van der Waals surface area contributed by atoms with E-state index in [0.717, 1.165) is 36.3 Å². The van der Waals surface area contributed by atoms with Crippen molar-refractivity contribution in [2.75, 3.05) is 18.9 Å². The fourth-order valence-corrected chi connectivity index (χ4v) is 4.27. The van der Waals surface area contributed by atoms with Crippen LogP contribution >= 0.6 is 23.4 Å². The first kappa shape index (κ1) is 20.8. The summed E-state index contributed by atoms with van der Waals surface area (Å²) in [4.78, 5) is 16.4. The standard InChI is InChI=1S/C21H22ClN5O2S/c1-14-17(22)5-2-6-18(14)27-20(15-7-9-23-10-8-15)25-26-21(27)30-13-19(28)24-12-16-4-3-11-29-16/h2,5-10,16H,3-4,11-13H2,1H3,(H,24,28). The zero-order chi connectivity index (χ0) is 20.9. The highest BCUT2D eigenvalue weighted by Gasteiger charge is 2.20. The van der Waals surface area contributed by atoms with Gasteiger partial charge in [0.05, 0.1) is 17.5 Å². The average molecular weight is 444 g/mol. The van der Waals surface area contributed by atoms with E-state index in [0.29, 0.717) is 22.5 Å². The fraction of sp³-hybridized carbons (Fsp3) is 0.333. The molecule has 1 aliphatic heterocycles. The van der Waals surface area contributed by atoms with Crippen molar-refractivity contribution >= 4 is 29.3 Å². The van der Waals surface area contributed by atoms with Gasteiger partial charge in [-0.15, -0.1) is 10.2 Å². The summed E-state index contributed by atoms with van der Waals surface area (Å²) in [6.45, 7) is 3.27. The highest BCUT2D eigenvalue weighted by molar-refractivity contribution is 7.99. The molecule has 1 fully saturated rings. The van der Waals surface area contributed by atoms with E-state index in [-0.39, 0.29) is 17.8 Å². The van der Waals surface area contributed by atoms with Crippen LogP contribution in [0.15, 0.2) is 47.9 Å². The Hall–Kier alpha value is -2.42. The van der Waals surface area contributed by atoms with E-state index in [9.17, 15) is 4.79 Å². The molecule has 1 aliphatic rings. The van der Waals surface area contributed by atoms with Crippen LogP contribution in [0.3, 0.4) is 0 Å². The highest BCUT2D eigenvalue weighted by Crippen LogP contribution is 2.31. The monoisotopic (exact) mass is 443 g/mol.